The number of carbonyl (C=O) groups is 2. The molecule has 1 aliphatic heterocycles. The molecule has 2 bridgehead atoms. The van der Waals surface area contributed by atoms with Crippen LogP contribution in [0.5, 0.6) is 23.0 Å². The maximum atomic E-state index is 13.7. The zero-order chi connectivity index (χ0) is 28.2. The number of cyclic esters (lactones) is 1. The summed E-state index contributed by atoms with van der Waals surface area (Å²) in [4.78, 5) is 26.9. The van der Waals surface area contributed by atoms with Crippen molar-refractivity contribution >= 4 is 23.5 Å². The maximum absolute atomic E-state index is 13.7. The van der Waals surface area contributed by atoms with Crippen molar-refractivity contribution in [2.75, 3.05) is 7.11 Å². The van der Waals surface area contributed by atoms with Crippen molar-refractivity contribution in [1.29, 1.82) is 0 Å². The molecule has 2 aromatic rings. The molecule has 8 heteroatoms. The number of carbonyl (C=O) groups excluding carboxylic acids is 2. The number of halogens is 1. The molecule has 39 heavy (non-hydrogen) atoms. The molecule has 0 spiro atoms. The van der Waals surface area contributed by atoms with Gasteiger partial charge in [0.15, 0.2) is 11.5 Å². The van der Waals surface area contributed by atoms with E-state index in [4.69, 9.17) is 30.5 Å². The van der Waals surface area contributed by atoms with E-state index in [0.29, 0.717) is 40.0 Å². The van der Waals surface area contributed by atoms with Crippen LogP contribution in [0.15, 0.2) is 12.1 Å². The van der Waals surface area contributed by atoms with E-state index < -0.39 is 17.5 Å². The molecule has 2 aromatic carbocycles. The zero-order valence-electron chi connectivity index (χ0n) is 23.5. The molecule has 2 aliphatic carbocycles. The van der Waals surface area contributed by atoms with Gasteiger partial charge in [0.05, 0.1) is 29.2 Å². The van der Waals surface area contributed by atoms with Crippen molar-refractivity contribution in [3.63, 3.8) is 0 Å². The molecule has 210 valence electrons. The Bertz CT molecular complexity index is 1330. The Morgan fingerprint density at radius 1 is 1.21 bits per heavy atom. The largest absolute Gasteiger partial charge is 0.495 e. The fourth-order valence-electron chi connectivity index (χ4n) is 6.63. The van der Waals surface area contributed by atoms with Crippen LogP contribution in [0.4, 0.5) is 0 Å². The zero-order valence-corrected chi connectivity index (χ0v) is 24.2. The molecule has 1 heterocycles. The smallest absolute Gasteiger partial charge is 0.346 e. The van der Waals surface area contributed by atoms with E-state index in [1.54, 1.807) is 12.1 Å². The third-order valence-electron chi connectivity index (χ3n) is 8.97. The Hall–Kier alpha value is -2.77. The fourth-order valence-corrected chi connectivity index (χ4v) is 6.91. The van der Waals surface area contributed by atoms with Gasteiger partial charge >= 0.3 is 11.9 Å². The van der Waals surface area contributed by atoms with E-state index in [1.807, 2.05) is 34.6 Å². The summed E-state index contributed by atoms with van der Waals surface area (Å²) in [6, 6.07) is 3.29. The highest BCUT2D eigenvalue weighted by atomic mass is 35.5. The molecule has 0 aromatic heterocycles. The summed E-state index contributed by atoms with van der Waals surface area (Å²) in [5.74, 6) is 1.07. The van der Waals surface area contributed by atoms with Gasteiger partial charge in [-0.1, -0.05) is 31.9 Å². The van der Waals surface area contributed by atoms with Gasteiger partial charge in [-0.15, -0.1) is 0 Å². The normalized spacial score (nSPS) is 24.3. The van der Waals surface area contributed by atoms with Gasteiger partial charge in [0.1, 0.15) is 23.7 Å². The van der Waals surface area contributed by atoms with Crippen molar-refractivity contribution in [2.45, 2.75) is 79.4 Å². The number of esters is 2. The summed E-state index contributed by atoms with van der Waals surface area (Å²) < 4.78 is 23.9. The van der Waals surface area contributed by atoms with E-state index in [1.165, 1.54) is 13.5 Å². The first kappa shape index (κ1) is 27.8. The lowest BCUT2D eigenvalue weighted by Gasteiger charge is -2.32. The second kappa shape index (κ2) is 10.3. The molecule has 0 saturated heterocycles. The number of aliphatic hydroxyl groups excluding tert-OH is 1. The average molecular weight is 557 g/mol. The van der Waals surface area contributed by atoms with E-state index >= 15 is 0 Å². The molecule has 3 aliphatic rings. The predicted molar refractivity (Wildman–Crippen MR) is 147 cm³/mol. The number of hydrogen-bond acceptors (Lipinski definition) is 7. The van der Waals surface area contributed by atoms with E-state index in [9.17, 15) is 14.7 Å². The number of aliphatic hydroxyl groups is 1. The summed E-state index contributed by atoms with van der Waals surface area (Å²) in [6.45, 7) is 9.52. The molecule has 0 unspecified atom stereocenters. The van der Waals surface area contributed by atoms with Gasteiger partial charge in [-0.2, -0.15) is 0 Å². The Kier molecular flexibility index (Phi) is 7.36. The average Bonchev–Trinajstić information content (AvgIpc) is 3.48. The molecule has 1 N–H and O–H groups in total. The van der Waals surface area contributed by atoms with E-state index in [2.05, 4.69) is 0 Å². The molecule has 5 rings (SSSR count). The SMILES string of the molecule is COc1c([C@@H](O)CC(C)C)ccc2c1C(=O)OCc1c(Cl)c(C)c(C)c(OC(=O)[C@]3(C)C[C@H]4CC[C@@H]3C4)c1O2. The van der Waals surface area contributed by atoms with Crippen LogP contribution in [0.3, 0.4) is 0 Å². The van der Waals surface area contributed by atoms with Gasteiger partial charge in [-0.3, -0.25) is 4.79 Å². The minimum absolute atomic E-state index is 0.0650. The van der Waals surface area contributed by atoms with Crippen molar-refractivity contribution in [3.8, 4) is 23.0 Å². The highest BCUT2D eigenvalue weighted by Crippen LogP contribution is 2.57. The molecule has 2 saturated carbocycles. The van der Waals surface area contributed by atoms with Crippen molar-refractivity contribution in [2.24, 2.45) is 23.2 Å². The number of hydrogen-bond donors (Lipinski definition) is 1. The van der Waals surface area contributed by atoms with Crippen LogP contribution in [0.25, 0.3) is 0 Å². The number of benzene rings is 2. The third-order valence-corrected chi connectivity index (χ3v) is 9.48. The highest BCUT2D eigenvalue weighted by molar-refractivity contribution is 6.32. The Balaban J connectivity index is 1.60. The molecular weight excluding hydrogens is 520 g/mol. The second-order valence-corrected chi connectivity index (χ2v) is 12.4. The van der Waals surface area contributed by atoms with Crippen LogP contribution in [0.1, 0.15) is 91.6 Å². The number of ether oxygens (including phenoxy) is 4. The quantitative estimate of drug-likeness (QED) is 0.296. The van der Waals surface area contributed by atoms with Gasteiger partial charge < -0.3 is 24.1 Å². The monoisotopic (exact) mass is 556 g/mol. The van der Waals surface area contributed by atoms with Crippen molar-refractivity contribution in [3.05, 3.63) is 45.0 Å². The van der Waals surface area contributed by atoms with E-state index in [0.717, 1.165) is 24.8 Å². The third kappa shape index (κ3) is 4.67. The minimum Gasteiger partial charge on any atom is -0.495 e. The number of methoxy groups -OCH3 is 1. The van der Waals surface area contributed by atoms with Gasteiger partial charge in [0, 0.05) is 11.1 Å². The first-order valence-corrected chi connectivity index (χ1v) is 14.1. The molecule has 2 fully saturated rings. The summed E-state index contributed by atoms with van der Waals surface area (Å²) >= 11 is 6.74. The van der Waals surface area contributed by atoms with Crippen LogP contribution in [0, 0.1) is 37.0 Å². The summed E-state index contributed by atoms with van der Waals surface area (Å²) in [5, 5.41) is 11.2. The van der Waals surface area contributed by atoms with Gasteiger partial charge in [-0.25, -0.2) is 4.79 Å². The van der Waals surface area contributed by atoms with Crippen LogP contribution >= 0.6 is 11.6 Å². The number of rotatable bonds is 6. The molecule has 0 radical (unpaired) electrons. The standard InChI is InChI=1S/C31H37ClO7/c1-15(2)11-22(33)20-9-10-23-24(27(20)36-6)29(34)37-14-21-25(32)16(3)17(4)26(28(21)38-23)39-30(35)31(5)13-18-7-8-19(31)12-18/h9-10,15,18-19,22,33H,7-8,11-14H2,1-6H3/t18-,19+,22-,31+/m0/s1. The topological polar surface area (TPSA) is 91.3 Å². The van der Waals surface area contributed by atoms with E-state index in [-0.39, 0.29) is 47.1 Å². The van der Waals surface area contributed by atoms with Crippen LogP contribution in [-0.2, 0) is 16.1 Å². The lowest BCUT2D eigenvalue weighted by molar-refractivity contribution is -0.148. The van der Waals surface area contributed by atoms with Crippen LogP contribution in [-0.4, -0.2) is 24.2 Å². The summed E-state index contributed by atoms with van der Waals surface area (Å²) in [6.07, 6.45) is 3.75. The first-order chi connectivity index (χ1) is 18.5. The Labute approximate surface area is 234 Å². The minimum atomic E-state index is -0.839. The molecule has 4 atom stereocenters. The van der Waals surface area contributed by atoms with Gasteiger partial charge in [-0.05, 0) is 81.9 Å². The summed E-state index contributed by atoms with van der Waals surface area (Å²) in [7, 11) is 1.44. The first-order valence-electron chi connectivity index (χ1n) is 13.7. The highest BCUT2D eigenvalue weighted by Gasteiger charge is 2.53. The lowest BCUT2D eigenvalue weighted by atomic mass is 9.75. The summed E-state index contributed by atoms with van der Waals surface area (Å²) in [5.41, 5.74) is 1.83. The molecule has 7 nitrogen and oxygen atoms in total. The molecular formula is C31H37ClO7. The lowest BCUT2D eigenvalue weighted by Crippen LogP contribution is -2.37. The second-order valence-electron chi connectivity index (χ2n) is 12.0. The number of fused-ring (bicyclic) bond motifs is 4. The fraction of sp³-hybridized carbons (Fsp3) is 0.548. The van der Waals surface area contributed by atoms with Crippen molar-refractivity contribution in [1.82, 2.24) is 0 Å². The molecule has 0 amide bonds. The Morgan fingerprint density at radius 3 is 2.56 bits per heavy atom. The maximum Gasteiger partial charge on any atom is 0.346 e. The predicted octanol–water partition coefficient (Wildman–Crippen LogP) is 7.24. The van der Waals surface area contributed by atoms with Gasteiger partial charge in [0.2, 0.25) is 0 Å². The van der Waals surface area contributed by atoms with Crippen molar-refractivity contribution < 1.29 is 33.6 Å². The van der Waals surface area contributed by atoms with Gasteiger partial charge in [0.25, 0.3) is 0 Å². The van der Waals surface area contributed by atoms with Crippen LogP contribution < -0.4 is 14.2 Å². The van der Waals surface area contributed by atoms with Crippen LogP contribution in [0.2, 0.25) is 5.02 Å². The Morgan fingerprint density at radius 2 is 1.95 bits per heavy atom.